The average molecular weight is 412 g/mol. The van der Waals surface area contributed by atoms with Crippen LogP contribution in [0.4, 0.5) is 11.4 Å². The highest BCUT2D eigenvalue weighted by molar-refractivity contribution is 7.89. The lowest BCUT2D eigenvalue weighted by Gasteiger charge is -2.33. The fraction of sp³-hybridized carbons (Fsp3) is 0.684. The van der Waals surface area contributed by atoms with Crippen LogP contribution < -0.4 is 9.80 Å². The van der Waals surface area contributed by atoms with Gasteiger partial charge in [-0.3, -0.25) is 10.1 Å². The number of hydrogen-bond acceptors (Lipinski definition) is 5. The molecule has 0 amide bonds. The predicted molar refractivity (Wildman–Crippen MR) is 108 cm³/mol. The first-order valence-electron chi connectivity index (χ1n) is 10.2. The van der Waals surface area contributed by atoms with Crippen LogP contribution in [0.5, 0.6) is 0 Å². The van der Waals surface area contributed by atoms with Gasteiger partial charge < -0.3 is 9.80 Å². The summed E-state index contributed by atoms with van der Waals surface area (Å²) in [6.45, 7) is 9.62. The molecule has 0 aliphatic carbocycles. The van der Waals surface area contributed by atoms with Crippen molar-refractivity contribution in [2.24, 2.45) is 5.92 Å². The van der Waals surface area contributed by atoms with Crippen molar-refractivity contribution in [2.75, 3.05) is 50.7 Å². The number of benzene rings is 1. The Hall–Kier alpha value is -1.71. The number of hydrogen-bond donors (Lipinski definition) is 1. The fourth-order valence-electron chi connectivity index (χ4n) is 4.26. The third-order valence-electron chi connectivity index (χ3n) is 5.82. The Morgan fingerprint density at radius 3 is 2.57 bits per heavy atom. The van der Waals surface area contributed by atoms with Crippen molar-refractivity contribution in [1.29, 1.82) is 0 Å². The van der Waals surface area contributed by atoms with E-state index in [-0.39, 0.29) is 10.6 Å². The largest absolute Gasteiger partial charge is 0.355 e. The third kappa shape index (κ3) is 4.47. The topological polar surface area (TPSA) is 88.2 Å². The van der Waals surface area contributed by atoms with Crippen molar-refractivity contribution in [1.82, 2.24) is 4.31 Å². The molecule has 2 heterocycles. The summed E-state index contributed by atoms with van der Waals surface area (Å²) in [6.07, 6.45) is 2.96. The molecule has 0 bridgehead atoms. The Bertz CT molecular complexity index is 806. The summed E-state index contributed by atoms with van der Waals surface area (Å²) in [7, 11) is -3.71. The van der Waals surface area contributed by atoms with Gasteiger partial charge in [-0.15, -0.1) is 0 Å². The number of anilines is 1. The number of nitro groups is 1. The lowest BCUT2D eigenvalue weighted by molar-refractivity contribution is -0.900. The highest BCUT2D eigenvalue weighted by Gasteiger charge is 2.32. The summed E-state index contributed by atoms with van der Waals surface area (Å²) in [6, 6.07) is 4.39. The van der Waals surface area contributed by atoms with Gasteiger partial charge in [0, 0.05) is 19.2 Å². The van der Waals surface area contributed by atoms with E-state index in [2.05, 4.69) is 6.92 Å². The molecule has 0 aromatic heterocycles. The summed E-state index contributed by atoms with van der Waals surface area (Å²) in [5.41, 5.74) is 0.400. The van der Waals surface area contributed by atoms with Gasteiger partial charge in [-0.05, 0) is 37.3 Å². The van der Waals surface area contributed by atoms with E-state index in [4.69, 9.17) is 0 Å². The van der Waals surface area contributed by atoms with E-state index in [1.807, 2.05) is 11.8 Å². The molecule has 1 aromatic carbocycles. The summed E-state index contributed by atoms with van der Waals surface area (Å²) in [4.78, 5) is 14.8. The molecule has 2 aliphatic heterocycles. The molecule has 8 nitrogen and oxygen atoms in total. The van der Waals surface area contributed by atoms with Crippen molar-refractivity contribution in [3.63, 3.8) is 0 Å². The minimum absolute atomic E-state index is 0.0206. The van der Waals surface area contributed by atoms with Gasteiger partial charge in [-0.2, -0.15) is 4.31 Å². The maximum Gasteiger partial charge on any atom is 0.293 e. The molecule has 1 N–H and O–H groups in total. The van der Waals surface area contributed by atoms with E-state index in [1.54, 1.807) is 6.07 Å². The number of rotatable bonds is 6. The van der Waals surface area contributed by atoms with Gasteiger partial charge in [0.25, 0.3) is 5.69 Å². The minimum atomic E-state index is -3.71. The van der Waals surface area contributed by atoms with Crippen LogP contribution in [0, 0.1) is 16.0 Å². The smallest absolute Gasteiger partial charge is 0.293 e. The van der Waals surface area contributed by atoms with Crippen molar-refractivity contribution < 1.29 is 18.2 Å². The van der Waals surface area contributed by atoms with Crippen molar-refractivity contribution >= 4 is 21.4 Å². The first-order valence-corrected chi connectivity index (χ1v) is 11.6. The van der Waals surface area contributed by atoms with Crippen molar-refractivity contribution in [3.05, 3.63) is 28.3 Å². The second-order valence-corrected chi connectivity index (χ2v) is 9.94. The lowest BCUT2D eigenvalue weighted by atomic mass is 10.0. The maximum absolute atomic E-state index is 13.0. The monoisotopic (exact) mass is 411 g/mol. The summed E-state index contributed by atoms with van der Waals surface area (Å²) >= 11 is 0. The molecule has 0 spiro atoms. The number of nitrogens with one attached hydrogen (secondary N) is 1. The van der Waals surface area contributed by atoms with E-state index in [0.29, 0.717) is 24.7 Å². The van der Waals surface area contributed by atoms with Crippen LogP contribution in [0.3, 0.4) is 0 Å². The number of sulfonamides is 1. The Morgan fingerprint density at radius 2 is 1.96 bits per heavy atom. The number of nitrogens with zero attached hydrogens (tertiary/aromatic N) is 3. The lowest BCUT2D eigenvalue weighted by Crippen LogP contribution is -3.14. The standard InChI is InChI=1S/C19H30N4O4S/c1-3-8-20-10-12-21(13-11-20)18-7-6-17(14-19(18)23(24)25)28(26,27)22-9-4-5-16(2)15-22/h6-7,14,16H,3-5,8-13,15H2,1-2H3/p+1/t16-/m1/s1. The van der Waals surface area contributed by atoms with E-state index >= 15 is 0 Å². The highest BCUT2D eigenvalue weighted by Crippen LogP contribution is 2.33. The molecular formula is C19H31N4O4S+. The average Bonchev–Trinajstić information content (AvgIpc) is 2.68. The fourth-order valence-corrected chi connectivity index (χ4v) is 5.88. The molecule has 0 unspecified atom stereocenters. The number of piperazine rings is 1. The van der Waals surface area contributed by atoms with Gasteiger partial charge in [-0.25, -0.2) is 8.42 Å². The van der Waals surface area contributed by atoms with Crippen LogP contribution in [0.15, 0.2) is 23.1 Å². The molecule has 0 radical (unpaired) electrons. The zero-order chi connectivity index (χ0) is 20.3. The van der Waals surface area contributed by atoms with Crippen LogP contribution in [-0.4, -0.2) is 63.5 Å². The number of piperidine rings is 1. The van der Waals surface area contributed by atoms with Gasteiger partial charge in [0.15, 0.2) is 0 Å². The maximum atomic E-state index is 13.0. The molecule has 1 atom stereocenters. The first kappa shape index (κ1) is 21.0. The Kier molecular flexibility index (Phi) is 6.57. The zero-order valence-electron chi connectivity index (χ0n) is 16.8. The molecule has 2 aliphatic rings. The summed E-state index contributed by atoms with van der Waals surface area (Å²) < 4.78 is 27.5. The molecule has 0 saturated carbocycles. The van der Waals surface area contributed by atoms with Crippen LogP contribution in [0.1, 0.15) is 33.1 Å². The minimum Gasteiger partial charge on any atom is -0.355 e. The van der Waals surface area contributed by atoms with Crippen molar-refractivity contribution in [3.8, 4) is 0 Å². The summed E-state index contributed by atoms with van der Waals surface area (Å²) in [5, 5.41) is 11.7. The molecule has 2 saturated heterocycles. The van der Waals surface area contributed by atoms with Gasteiger partial charge in [0.05, 0.1) is 42.5 Å². The first-order chi connectivity index (χ1) is 13.3. The molecular weight excluding hydrogens is 380 g/mol. The molecule has 2 fully saturated rings. The Morgan fingerprint density at radius 1 is 1.25 bits per heavy atom. The van der Waals surface area contributed by atoms with Crippen LogP contribution in [0.2, 0.25) is 0 Å². The summed E-state index contributed by atoms with van der Waals surface area (Å²) in [5.74, 6) is 0.305. The highest BCUT2D eigenvalue weighted by atomic mass is 32.2. The Labute approximate surface area is 167 Å². The van der Waals surface area contributed by atoms with Gasteiger partial charge in [0.2, 0.25) is 10.0 Å². The van der Waals surface area contributed by atoms with Crippen LogP contribution in [0.25, 0.3) is 0 Å². The Balaban J connectivity index is 1.84. The zero-order valence-corrected chi connectivity index (χ0v) is 17.6. The van der Waals surface area contributed by atoms with Crippen LogP contribution in [-0.2, 0) is 10.0 Å². The normalized spacial score (nSPS) is 22.4. The predicted octanol–water partition coefficient (Wildman–Crippen LogP) is 1.13. The van der Waals surface area contributed by atoms with Crippen molar-refractivity contribution in [2.45, 2.75) is 38.0 Å². The SMILES string of the molecule is CCC[NH+]1CCN(c2ccc(S(=O)(=O)N3CCC[C@@H](C)C3)cc2[N+](=O)[O-])CC1. The molecule has 3 rings (SSSR count). The molecule has 1 aromatic rings. The van der Waals surface area contributed by atoms with Gasteiger partial charge in [0.1, 0.15) is 5.69 Å². The molecule has 9 heteroatoms. The van der Waals surface area contributed by atoms with Crippen LogP contribution >= 0.6 is 0 Å². The third-order valence-corrected chi connectivity index (χ3v) is 7.68. The molecule has 28 heavy (non-hydrogen) atoms. The van der Waals surface area contributed by atoms with Gasteiger partial charge in [-0.1, -0.05) is 13.8 Å². The van der Waals surface area contributed by atoms with E-state index in [9.17, 15) is 18.5 Å². The quantitative estimate of drug-likeness (QED) is 0.560. The second kappa shape index (κ2) is 8.75. The van der Waals surface area contributed by atoms with Gasteiger partial charge >= 0.3 is 0 Å². The number of nitro benzene ring substituents is 1. The van der Waals surface area contributed by atoms with E-state index in [0.717, 1.165) is 52.0 Å². The van der Waals surface area contributed by atoms with E-state index in [1.165, 1.54) is 21.3 Å². The molecule has 156 valence electrons. The second-order valence-electron chi connectivity index (χ2n) is 8.01. The number of quaternary nitrogens is 1. The van der Waals surface area contributed by atoms with E-state index < -0.39 is 14.9 Å².